The van der Waals surface area contributed by atoms with Gasteiger partial charge in [0.15, 0.2) is 0 Å². The van der Waals surface area contributed by atoms with Crippen LogP contribution in [-0.4, -0.2) is 26.4 Å². The average molecular weight is 473 g/mol. The number of amides is 1. The maximum absolute atomic E-state index is 13.2. The molecule has 0 radical (unpaired) electrons. The van der Waals surface area contributed by atoms with E-state index in [4.69, 9.17) is 15.7 Å². The lowest BCUT2D eigenvalue weighted by Crippen LogP contribution is -2.45. The van der Waals surface area contributed by atoms with Gasteiger partial charge >= 0.3 is 0 Å². The third kappa shape index (κ3) is 5.96. The van der Waals surface area contributed by atoms with E-state index in [0.29, 0.717) is 18.2 Å². The maximum atomic E-state index is 13.2. The van der Waals surface area contributed by atoms with E-state index in [1.807, 2.05) is 36.4 Å². The number of rotatable bonds is 8. The fourth-order valence-electron chi connectivity index (χ4n) is 3.53. The van der Waals surface area contributed by atoms with Gasteiger partial charge in [0.2, 0.25) is 11.9 Å². The normalized spacial score (nSPS) is 11.5. The van der Waals surface area contributed by atoms with Crippen LogP contribution >= 0.6 is 0 Å². The molecule has 0 fully saturated rings. The molecule has 4 N–H and O–H groups in total. The van der Waals surface area contributed by atoms with Crippen LogP contribution in [0.4, 0.5) is 16.0 Å². The largest absolute Gasteiger partial charge is 0.350 e. The summed E-state index contributed by atoms with van der Waals surface area (Å²) >= 11 is 0. The van der Waals surface area contributed by atoms with Crippen LogP contribution in [0.15, 0.2) is 60.7 Å². The summed E-state index contributed by atoms with van der Waals surface area (Å²) in [5, 5.41) is 6.05. The molecule has 0 aliphatic carbocycles. The van der Waals surface area contributed by atoms with Crippen molar-refractivity contribution in [1.29, 1.82) is 0 Å². The SMILES string of the molecule is CCCc1nc(NCc2ccc(F)cc2)nc2ccc(-c3ccc(NC(=O)C(C)(C)N)cc3)nc12. The third-order valence-corrected chi connectivity index (χ3v) is 5.49. The molecule has 2 heterocycles. The molecule has 7 nitrogen and oxygen atoms in total. The summed E-state index contributed by atoms with van der Waals surface area (Å²) < 4.78 is 13.2. The van der Waals surface area contributed by atoms with Crippen LogP contribution < -0.4 is 16.4 Å². The summed E-state index contributed by atoms with van der Waals surface area (Å²) in [6, 6.07) is 17.7. The van der Waals surface area contributed by atoms with Gasteiger partial charge in [0.05, 0.1) is 22.4 Å². The Labute approximate surface area is 204 Å². The summed E-state index contributed by atoms with van der Waals surface area (Å²) in [5.74, 6) is 0.00346. The van der Waals surface area contributed by atoms with Crippen LogP contribution in [0.2, 0.25) is 0 Å². The monoisotopic (exact) mass is 472 g/mol. The molecular formula is C27H29FN6O. The van der Waals surface area contributed by atoms with Crippen molar-refractivity contribution in [3.05, 3.63) is 77.7 Å². The van der Waals surface area contributed by atoms with Gasteiger partial charge in [-0.3, -0.25) is 4.79 Å². The van der Waals surface area contributed by atoms with E-state index < -0.39 is 5.54 Å². The van der Waals surface area contributed by atoms with Crippen LogP contribution in [0.5, 0.6) is 0 Å². The number of hydrogen-bond acceptors (Lipinski definition) is 6. The molecule has 0 spiro atoms. The Balaban J connectivity index is 1.58. The number of aryl methyl sites for hydroxylation is 1. The summed E-state index contributed by atoms with van der Waals surface area (Å²) in [6.07, 6.45) is 1.68. The molecule has 0 saturated heterocycles. The van der Waals surface area contributed by atoms with Crippen molar-refractivity contribution in [1.82, 2.24) is 15.0 Å². The minimum absolute atomic E-state index is 0.251. The lowest BCUT2D eigenvalue weighted by Gasteiger charge is -2.17. The lowest BCUT2D eigenvalue weighted by molar-refractivity contribution is -0.120. The Hall–Kier alpha value is -3.91. The molecule has 4 aromatic rings. The van der Waals surface area contributed by atoms with Crippen LogP contribution in [0, 0.1) is 5.82 Å². The van der Waals surface area contributed by atoms with Crippen molar-refractivity contribution in [2.75, 3.05) is 10.6 Å². The van der Waals surface area contributed by atoms with Gasteiger partial charge in [-0.2, -0.15) is 0 Å². The first-order valence-corrected chi connectivity index (χ1v) is 11.6. The summed E-state index contributed by atoms with van der Waals surface area (Å²) in [4.78, 5) is 26.3. The number of benzene rings is 2. The predicted octanol–water partition coefficient (Wildman–Crippen LogP) is 5.07. The topological polar surface area (TPSA) is 106 Å². The summed E-state index contributed by atoms with van der Waals surface area (Å²) in [6.45, 7) is 5.91. The second-order valence-corrected chi connectivity index (χ2v) is 9.04. The standard InChI is InChI=1S/C27H29FN6O/c1-4-5-22-24-23(34-26(33-22)30-16-17-6-10-19(28)11-7-17)15-14-21(32-24)18-8-12-20(13-9-18)31-25(35)27(2,3)29/h6-15H,4-5,16,29H2,1-3H3,(H,31,35)(H,30,33,34). The van der Waals surface area contributed by atoms with Gasteiger partial charge in [0.25, 0.3) is 0 Å². The van der Waals surface area contributed by atoms with Crippen molar-refractivity contribution in [3.8, 4) is 11.3 Å². The molecule has 8 heteroatoms. The highest BCUT2D eigenvalue weighted by Crippen LogP contribution is 2.25. The minimum Gasteiger partial charge on any atom is -0.350 e. The second kappa shape index (κ2) is 10.1. The molecule has 2 aromatic heterocycles. The molecule has 0 saturated carbocycles. The van der Waals surface area contributed by atoms with Crippen molar-refractivity contribution < 1.29 is 9.18 Å². The number of hydrogen-bond donors (Lipinski definition) is 3. The first-order valence-electron chi connectivity index (χ1n) is 11.6. The number of halogens is 1. The van der Waals surface area contributed by atoms with Gasteiger partial charge in [-0.1, -0.05) is 37.6 Å². The quantitative estimate of drug-likeness (QED) is 0.331. The zero-order valence-electron chi connectivity index (χ0n) is 20.1. The fraction of sp³-hybridized carbons (Fsp3) is 0.259. The molecule has 180 valence electrons. The van der Waals surface area contributed by atoms with Gasteiger partial charge < -0.3 is 16.4 Å². The van der Waals surface area contributed by atoms with E-state index >= 15 is 0 Å². The molecule has 35 heavy (non-hydrogen) atoms. The van der Waals surface area contributed by atoms with Gasteiger partial charge in [0.1, 0.15) is 11.3 Å². The molecule has 1 amide bonds. The summed E-state index contributed by atoms with van der Waals surface area (Å²) in [5.41, 5.74) is 10.6. The van der Waals surface area contributed by atoms with Crippen molar-refractivity contribution >= 4 is 28.6 Å². The van der Waals surface area contributed by atoms with Crippen LogP contribution in [0.1, 0.15) is 38.4 Å². The lowest BCUT2D eigenvalue weighted by atomic mass is 10.1. The zero-order chi connectivity index (χ0) is 25.0. The molecular weight excluding hydrogens is 443 g/mol. The number of nitrogens with two attached hydrogens (primary N) is 1. The average Bonchev–Trinajstić information content (AvgIpc) is 2.83. The number of carbonyl (C=O) groups excluding carboxylic acids is 1. The number of carbonyl (C=O) groups is 1. The molecule has 2 aromatic carbocycles. The Bertz CT molecular complexity index is 1330. The fourth-order valence-corrected chi connectivity index (χ4v) is 3.53. The number of aromatic nitrogens is 3. The van der Waals surface area contributed by atoms with Crippen molar-refractivity contribution in [3.63, 3.8) is 0 Å². The van der Waals surface area contributed by atoms with Gasteiger partial charge in [-0.05, 0) is 62.2 Å². The van der Waals surface area contributed by atoms with Gasteiger partial charge in [-0.15, -0.1) is 0 Å². The number of nitrogens with zero attached hydrogens (tertiary/aromatic N) is 3. The molecule has 0 unspecified atom stereocenters. The highest BCUT2D eigenvalue weighted by atomic mass is 19.1. The Morgan fingerprint density at radius 2 is 1.69 bits per heavy atom. The first-order chi connectivity index (χ1) is 16.7. The van der Waals surface area contributed by atoms with E-state index in [-0.39, 0.29) is 11.7 Å². The van der Waals surface area contributed by atoms with E-state index in [2.05, 4.69) is 22.5 Å². The molecule has 0 bridgehead atoms. The van der Waals surface area contributed by atoms with E-state index in [1.165, 1.54) is 12.1 Å². The van der Waals surface area contributed by atoms with Crippen LogP contribution in [0.3, 0.4) is 0 Å². The summed E-state index contributed by atoms with van der Waals surface area (Å²) in [7, 11) is 0. The highest BCUT2D eigenvalue weighted by Gasteiger charge is 2.21. The molecule has 0 aliphatic heterocycles. The van der Waals surface area contributed by atoms with Gasteiger partial charge in [-0.25, -0.2) is 19.3 Å². The predicted molar refractivity (Wildman–Crippen MR) is 137 cm³/mol. The smallest absolute Gasteiger partial charge is 0.243 e. The number of fused-ring (bicyclic) bond motifs is 1. The molecule has 0 aliphatic rings. The van der Waals surface area contributed by atoms with E-state index in [9.17, 15) is 9.18 Å². The molecule has 0 atom stereocenters. The second-order valence-electron chi connectivity index (χ2n) is 9.04. The number of pyridine rings is 1. The maximum Gasteiger partial charge on any atom is 0.243 e. The van der Waals surface area contributed by atoms with Crippen molar-refractivity contribution in [2.24, 2.45) is 5.73 Å². The number of anilines is 2. The van der Waals surface area contributed by atoms with E-state index in [1.54, 1.807) is 26.0 Å². The molecule has 4 rings (SSSR count). The van der Waals surface area contributed by atoms with Crippen LogP contribution in [-0.2, 0) is 17.8 Å². The Kier molecular flexibility index (Phi) is 7.02. The van der Waals surface area contributed by atoms with Gasteiger partial charge in [0, 0.05) is 17.8 Å². The number of nitrogens with one attached hydrogen (secondary N) is 2. The zero-order valence-corrected chi connectivity index (χ0v) is 20.1. The first kappa shape index (κ1) is 24.2. The Morgan fingerprint density at radius 3 is 2.34 bits per heavy atom. The van der Waals surface area contributed by atoms with E-state index in [0.717, 1.165) is 46.4 Å². The highest BCUT2D eigenvalue weighted by molar-refractivity contribution is 5.97. The van der Waals surface area contributed by atoms with Crippen molar-refractivity contribution in [2.45, 2.75) is 45.7 Å². The Morgan fingerprint density at radius 1 is 0.971 bits per heavy atom. The minimum atomic E-state index is -0.957. The van der Waals surface area contributed by atoms with Crippen LogP contribution in [0.25, 0.3) is 22.3 Å². The third-order valence-electron chi connectivity index (χ3n) is 5.49.